The molecule has 2 aliphatic heterocycles. The second-order valence-electron chi connectivity index (χ2n) is 9.91. The van der Waals surface area contributed by atoms with Crippen LogP contribution in [0.4, 0.5) is 0 Å². The van der Waals surface area contributed by atoms with Gasteiger partial charge in [-0.3, -0.25) is 14.5 Å². The minimum Gasteiger partial charge on any atom is -0.461 e. The summed E-state index contributed by atoms with van der Waals surface area (Å²) in [6.45, 7) is 8.29. The normalized spacial score (nSPS) is 36.7. The van der Waals surface area contributed by atoms with Crippen molar-refractivity contribution in [2.75, 3.05) is 32.7 Å². The Labute approximate surface area is 178 Å². The molecule has 1 saturated carbocycles. The molecule has 0 N–H and O–H groups in total. The standard InChI is InChI=1S/C24H32N2O4/c1-16-5-3-7-24(2)14-21-17(13-19(16)24)18(23(28)30-21)15-25-8-10-26(11-9-25)22(27)20-6-4-12-29-20/h4,6,12-13,16-18,21H,3,5,7-11,14-15H2,1-2H3/t16-,17-,18+,21+,24-/m0/s1. The SMILES string of the molecule is C[C@H]1CCC[C@@]2(C)C[C@H]3OC(=O)[C@H](CN4CCN(C(=O)c5ccco5)CC4)[C@@H]3C=C12. The highest BCUT2D eigenvalue weighted by Crippen LogP contribution is 2.54. The minimum absolute atomic E-state index is 0.0309. The Morgan fingerprint density at radius 2 is 2.07 bits per heavy atom. The summed E-state index contributed by atoms with van der Waals surface area (Å²) in [6, 6.07) is 3.45. The van der Waals surface area contributed by atoms with E-state index in [9.17, 15) is 9.59 Å². The lowest BCUT2D eigenvalue weighted by Crippen LogP contribution is -2.50. The van der Waals surface area contributed by atoms with Crippen LogP contribution < -0.4 is 0 Å². The molecule has 1 aromatic heterocycles. The maximum atomic E-state index is 12.8. The molecule has 6 heteroatoms. The molecule has 2 saturated heterocycles. The summed E-state index contributed by atoms with van der Waals surface area (Å²) in [5, 5.41) is 0. The van der Waals surface area contributed by atoms with Crippen LogP contribution in [0.2, 0.25) is 0 Å². The third-order valence-corrected chi connectivity index (χ3v) is 7.93. The van der Waals surface area contributed by atoms with E-state index in [1.807, 2.05) is 4.90 Å². The van der Waals surface area contributed by atoms with Crippen molar-refractivity contribution in [1.29, 1.82) is 0 Å². The quantitative estimate of drug-likeness (QED) is 0.563. The highest BCUT2D eigenvalue weighted by atomic mass is 16.6. The number of piperazine rings is 1. The van der Waals surface area contributed by atoms with Gasteiger partial charge in [-0.25, -0.2) is 0 Å². The van der Waals surface area contributed by atoms with Crippen LogP contribution >= 0.6 is 0 Å². The van der Waals surface area contributed by atoms with Gasteiger partial charge < -0.3 is 14.1 Å². The van der Waals surface area contributed by atoms with Gasteiger partial charge >= 0.3 is 5.97 Å². The van der Waals surface area contributed by atoms with Crippen molar-refractivity contribution in [3.05, 3.63) is 35.8 Å². The first-order chi connectivity index (χ1) is 14.4. The molecule has 0 bridgehead atoms. The monoisotopic (exact) mass is 412 g/mol. The van der Waals surface area contributed by atoms with E-state index in [0.29, 0.717) is 24.8 Å². The Kier molecular flexibility index (Phi) is 5.00. The van der Waals surface area contributed by atoms with E-state index in [1.54, 1.807) is 17.7 Å². The van der Waals surface area contributed by atoms with Gasteiger partial charge in [0.25, 0.3) is 5.91 Å². The van der Waals surface area contributed by atoms with E-state index in [2.05, 4.69) is 24.8 Å². The predicted octanol–water partition coefficient (Wildman–Crippen LogP) is 3.35. The molecule has 3 heterocycles. The topological polar surface area (TPSA) is 63.0 Å². The lowest BCUT2D eigenvalue weighted by molar-refractivity contribution is -0.145. The van der Waals surface area contributed by atoms with Crippen LogP contribution in [0.15, 0.2) is 34.5 Å². The van der Waals surface area contributed by atoms with Crippen molar-refractivity contribution in [3.63, 3.8) is 0 Å². The summed E-state index contributed by atoms with van der Waals surface area (Å²) >= 11 is 0. The van der Waals surface area contributed by atoms with Crippen LogP contribution in [0.3, 0.4) is 0 Å². The first kappa shape index (κ1) is 19.9. The van der Waals surface area contributed by atoms with Crippen molar-refractivity contribution in [2.45, 2.75) is 45.6 Å². The number of nitrogens with zero attached hydrogens (tertiary/aromatic N) is 2. The summed E-state index contributed by atoms with van der Waals surface area (Å²) in [4.78, 5) is 29.4. The van der Waals surface area contributed by atoms with E-state index in [4.69, 9.17) is 9.15 Å². The Bertz CT molecular complexity index is 839. The molecular formula is C24H32N2O4. The molecule has 5 atom stereocenters. The van der Waals surface area contributed by atoms with Crippen LogP contribution in [0.1, 0.15) is 50.1 Å². The molecular weight excluding hydrogens is 380 g/mol. The number of ether oxygens (including phenoxy) is 1. The summed E-state index contributed by atoms with van der Waals surface area (Å²) < 4.78 is 11.1. The van der Waals surface area contributed by atoms with E-state index >= 15 is 0 Å². The summed E-state index contributed by atoms with van der Waals surface area (Å²) in [7, 11) is 0. The highest BCUT2D eigenvalue weighted by molar-refractivity contribution is 5.91. The Morgan fingerprint density at radius 3 is 2.80 bits per heavy atom. The van der Waals surface area contributed by atoms with Crippen molar-refractivity contribution >= 4 is 11.9 Å². The number of hydrogen-bond acceptors (Lipinski definition) is 5. The Hall–Kier alpha value is -2.08. The zero-order valence-corrected chi connectivity index (χ0v) is 18.0. The maximum absolute atomic E-state index is 12.8. The summed E-state index contributed by atoms with van der Waals surface area (Å²) in [6.07, 6.45) is 8.69. The van der Waals surface area contributed by atoms with E-state index in [0.717, 1.165) is 26.1 Å². The fourth-order valence-corrected chi connectivity index (χ4v) is 6.23. The van der Waals surface area contributed by atoms with Gasteiger partial charge in [0, 0.05) is 38.6 Å². The second kappa shape index (κ2) is 7.56. The zero-order valence-electron chi connectivity index (χ0n) is 18.0. The maximum Gasteiger partial charge on any atom is 0.311 e. The molecule has 5 rings (SSSR count). The zero-order chi connectivity index (χ0) is 20.9. The van der Waals surface area contributed by atoms with Crippen molar-refractivity contribution < 1.29 is 18.7 Å². The molecule has 3 fully saturated rings. The molecule has 1 amide bonds. The predicted molar refractivity (Wildman–Crippen MR) is 112 cm³/mol. The third kappa shape index (κ3) is 3.39. The van der Waals surface area contributed by atoms with Crippen LogP contribution in [-0.2, 0) is 9.53 Å². The van der Waals surface area contributed by atoms with Gasteiger partial charge in [-0.05, 0) is 42.7 Å². The van der Waals surface area contributed by atoms with Gasteiger partial charge in [-0.2, -0.15) is 0 Å². The van der Waals surface area contributed by atoms with Gasteiger partial charge in [0.1, 0.15) is 6.10 Å². The Balaban J connectivity index is 1.25. The Morgan fingerprint density at radius 1 is 1.27 bits per heavy atom. The second-order valence-corrected chi connectivity index (χ2v) is 9.91. The number of carbonyl (C=O) groups excluding carboxylic acids is 2. The first-order valence-corrected chi connectivity index (χ1v) is 11.4. The number of fused-ring (bicyclic) bond motifs is 2. The van der Waals surface area contributed by atoms with Crippen LogP contribution in [0, 0.1) is 23.2 Å². The third-order valence-electron chi connectivity index (χ3n) is 7.93. The molecule has 162 valence electrons. The number of amides is 1. The average Bonchev–Trinajstić information content (AvgIpc) is 3.35. The number of furan rings is 1. The van der Waals surface area contributed by atoms with E-state index in [1.165, 1.54) is 25.5 Å². The summed E-state index contributed by atoms with van der Waals surface area (Å²) in [5.41, 5.74) is 1.76. The molecule has 0 spiro atoms. The highest BCUT2D eigenvalue weighted by Gasteiger charge is 2.52. The number of allylic oxidation sites excluding steroid dienone is 1. The molecule has 2 aliphatic carbocycles. The van der Waals surface area contributed by atoms with Crippen LogP contribution in [-0.4, -0.2) is 60.5 Å². The van der Waals surface area contributed by atoms with Crippen LogP contribution in [0.5, 0.6) is 0 Å². The van der Waals surface area contributed by atoms with Gasteiger partial charge in [-0.1, -0.05) is 31.9 Å². The fraction of sp³-hybridized carbons (Fsp3) is 0.667. The van der Waals surface area contributed by atoms with Crippen molar-refractivity contribution in [1.82, 2.24) is 9.80 Å². The molecule has 0 unspecified atom stereocenters. The van der Waals surface area contributed by atoms with Crippen LogP contribution in [0.25, 0.3) is 0 Å². The largest absolute Gasteiger partial charge is 0.461 e. The first-order valence-electron chi connectivity index (χ1n) is 11.4. The minimum atomic E-state index is -0.0894. The van der Waals surface area contributed by atoms with Gasteiger partial charge in [-0.15, -0.1) is 0 Å². The number of carbonyl (C=O) groups is 2. The van der Waals surface area contributed by atoms with E-state index in [-0.39, 0.29) is 35.2 Å². The lowest BCUT2D eigenvalue weighted by atomic mass is 9.59. The fourth-order valence-electron chi connectivity index (χ4n) is 6.23. The number of esters is 1. The number of rotatable bonds is 3. The molecule has 6 nitrogen and oxygen atoms in total. The molecule has 4 aliphatic rings. The lowest BCUT2D eigenvalue weighted by Gasteiger charge is -2.46. The molecule has 0 radical (unpaired) electrons. The van der Waals surface area contributed by atoms with Gasteiger partial charge in [0.2, 0.25) is 0 Å². The summed E-state index contributed by atoms with van der Waals surface area (Å²) in [5.74, 6) is 1.02. The average molecular weight is 413 g/mol. The van der Waals surface area contributed by atoms with Gasteiger partial charge in [0.15, 0.2) is 5.76 Å². The van der Waals surface area contributed by atoms with Crippen molar-refractivity contribution in [3.8, 4) is 0 Å². The van der Waals surface area contributed by atoms with E-state index < -0.39 is 0 Å². The molecule has 30 heavy (non-hydrogen) atoms. The molecule has 0 aromatic carbocycles. The smallest absolute Gasteiger partial charge is 0.311 e. The van der Waals surface area contributed by atoms with Gasteiger partial charge in [0.05, 0.1) is 12.2 Å². The molecule has 1 aromatic rings. The number of hydrogen-bond donors (Lipinski definition) is 0. The van der Waals surface area contributed by atoms with Crippen molar-refractivity contribution in [2.24, 2.45) is 23.2 Å².